The largest absolute Gasteiger partial charge is 0.324 e. The molecule has 2 aromatic carbocycles. The molecule has 6 heteroatoms. The molecule has 0 spiro atoms. The highest BCUT2D eigenvalue weighted by atomic mass is 35.5. The maximum absolute atomic E-state index is 11.6. The van der Waals surface area contributed by atoms with Crippen molar-refractivity contribution in [3.05, 3.63) is 63.6 Å². The maximum Gasteiger partial charge on any atom is 0.175 e. The minimum absolute atomic E-state index is 0.268. The van der Waals surface area contributed by atoms with Gasteiger partial charge in [0.05, 0.1) is 14.9 Å². The number of halogens is 2. The van der Waals surface area contributed by atoms with Gasteiger partial charge in [-0.15, -0.1) is 0 Å². The van der Waals surface area contributed by atoms with E-state index in [0.717, 1.165) is 11.1 Å². The molecule has 0 aromatic heterocycles. The van der Waals surface area contributed by atoms with Gasteiger partial charge in [-0.2, -0.15) is 0 Å². The fourth-order valence-corrected chi connectivity index (χ4v) is 3.01. The highest BCUT2D eigenvalue weighted by Crippen LogP contribution is 2.25. The molecule has 0 heterocycles. The highest BCUT2D eigenvalue weighted by Gasteiger charge is 2.12. The Hall–Kier alpha value is -1.07. The third-order valence-electron chi connectivity index (χ3n) is 3.15. The summed E-state index contributed by atoms with van der Waals surface area (Å²) < 4.78 is 23.2. The van der Waals surface area contributed by atoms with E-state index in [0.29, 0.717) is 16.5 Å². The lowest BCUT2D eigenvalue weighted by atomic mass is 10.00. The van der Waals surface area contributed by atoms with Crippen LogP contribution in [0.15, 0.2) is 47.4 Å². The van der Waals surface area contributed by atoms with Crippen LogP contribution in [0.4, 0.5) is 0 Å². The summed E-state index contributed by atoms with van der Waals surface area (Å²) >= 11 is 11.9. The Balaban J connectivity index is 2.24. The summed E-state index contributed by atoms with van der Waals surface area (Å²) in [6, 6.07) is 11.7. The van der Waals surface area contributed by atoms with Gasteiger partial charge in [0.15, 0.2) is 9.84 Å². The topological polar surface area (TPSA) is 60.2 Å². The molecule has 112 valence electrons. The van der Waals surface area contributed by atoms with Crippen molar-refractivity contribution in [1.82, 2.24) is 0 Å². The molecule has 3 nitrogen and oxygen atoms in total. The highest BCUT2D eigenvalue weighted by molar-refractivity contribution is 7.90. The fraction of sp³-hybridized carbons (Fsp3) is 0.200. The van der Waals surface area contributed by atoms with Gasteiger partial charge in [0.25, 0.3) is 0 Å². The molecule has 0 aliphatic heterocycles. The molecule has 0 aliphatic rings. The fourth-order valence-electron chi connectivity index (χ4n) is 2.01. The van der Waals surface area contributed by atoms with Gasteiger partial charge in [-0.1, -0.05) is 41.4 Å². The van der Waals surface area contributed by atoms with Crippen molar-refractivity contribution in [3.63, 3.8) is 0 Å². The lowest BCUT2D eigenvalue weighted by molar-refractivity contribution is 0.601. The van der Waals surface area contributed by atoms with Crippen LogP contribution < -0.4 is 5.73 Å². The van der Waals surface area contributed by atoms with Crippen molar-refractivity contribution < 1.29 is 8.42 Å². The average Bonchev–Trinajstić information content (AvgIpc) is 2.42. The third kappa shape index (κ3) is 4.20. The van der Waals surface area contributed by atoms with E-state index in [4.69, 9.17) is 28.9 Å². The number of rotatable bonds is 4. The van der Waals surface area contributed by atoms with Gasteiger partial charge in [-0.3, -0.25) is 0 Å². The number of benzene rings is 2. The summed E-state index contributed by atoms with van der Waals surface area (Å²) in [6.45, 7) is 0. The summed E-state index contributed by atoms with van der Waals surface area (Å²) in [4.78, 5) is 0.268. The minimum Gasteiger partial charge on any atom is -0.324 e. The number of nitrogens with two attached hydrogens (primary N) is 1. The maximum atomic E-state index is 11.6. The first-order valence-electron chi connectivity index (χ1n) is 6.27. The van der Waals surface area contributed by atoms with E-state index < -0.39 is 9.84 Å². The van der Waals surface area contributed by atoms with Crippen LogP contribution >= 0.6 is 23.2 Å². The molecular weight excluding hydrogens is 329 g/mol. The Morgan fingerprint density at radius 1 is 1.10 bits per heavy atom. The van der Waals surface area contributed by atoms with E-state index in [1.807, 2.05) is 12.1 Å². The van der Waals surface area contributed by atoms with Crippen molar-refractivity contribution in [2.75, 3.05) is 6.26 Å². The van der Waals surface area contributed by atoms with Crippen molar-refractivity contribution in [1.29, 1.82) is 0 Å². The van der Waals surface area contributed by atoms with E-state index in [-0.39, 0.29) is 10.9 Å². The number of hydrogen-bond donors (Lipinski definition) is 1. The molecular formula is C15H15Cl2NO2S. The quantitative estimate of drug-likeness (QED) is 0.921. The van der Waals surface area contributed by atoms with E-state index in [9.17, 15) is 8.42 Å². The summed E-state index contributed by atoms with van der Waals surface area (Å²) in [5, 5.41) is 0.972. The summed E-state index contributed by atoms with van der Waals surface area (Å²) in [6.07, 6.45) is 1.72. The van der Waals surface area contributed by atoms with Gasteiger partial charge in [-0.25, -0.2) is 8.42 Å². The van der Waals surface area contributed by atoms with Gasteiger partial charge in [0.2, 0.25) is 0 Å². The molecule has 2 N–H and O–H groups in total. The van der Waals surface area contributed by atoms with Crippen molar-refractivity contribution in [2.24, 2.45) is 5.73 Å². The first-order chi connectivity index (χ1) is 9.77. The molecule has 1 atom stereocenters. The second kappa shape index (κ2) is 6.36. The SMILES string of the molecule is CS(=O)(=O)c1cccc(C(N)Cc2ccc(Cl)c(Cl)c2)c1. The van der Waals surface area contributed by atoms with Crippen LogP contribution in [0.2, 0.25) is 10.0 Å². The lowest BCUT2D eigenvalue weighted by Gasteiger charge is -2.13. The molecule has 21 heavy (non-hydrogen) atoms. The summed E-state index contributed by atoms with van der Waals surface area (Å²) in [5.74, 6) is 0. The number of hydrogen-bond acceptors (Lipinski definition) is 3. The van der Waals surface area contributed by atoms with Crippen LogP contribution in [0.3, 0.4) is 0 Å². The van der Waals surface area contributed by atoms with Crippen LogP contribution in [-0.2, 0) is 16.3 Å². The predicted molar refractivity (Wildman–Crippen MR) is 86.6 cm³/mol. The predicted octanol–water partition coefficient (Wildman–Crippen LogP) is 3.64. The molecule has 0 amide bonds. The van der Waals surface area contributed by atoms with Crippen molar-refractivity contribution >= 4 is 33.0 Å². The van der Waals surface area contributed by atoms with Crippen LogP contribution in [0.25, 0.3) is 0 Å². The standard InChI is InChI=1S/C15H15Cl2NO2S/c1-21(19,20)12-4-2-3-11(9-12)15(18)8-10-5-6-13(16)14(17)7-10/h2-7,9,15H,8,18H2,1H3. The van der Waals surface area contributed by atoms with Gasteiger partial charge in [0, 0.05) is 12.3 Å². The van der Waals surface area contributed by atoms with E-state index in [1.54, 1.807) is 30.3 Å². The Morgan fingerprint density at radius 3 is 2.43 bits per heavy atom. The molecule has 2 rings (SSSR count). The monoisotopic (exact) mass is 343 g/mol. The van der Waals surface area contributed by atoms with Crippen LogP contribution in [0.5, 0.6) is 0 Å². The molecule has 1 unspecified atom stereocenters. The number of sulfone groups is 1. The zero-order valence-corrected chi connectivity index (χ0v) is 13.7. The van der Waals surface area contributed by atoms with Crippen LogP contribution in [0, 0.1) is 0 Å². The van der Waals surface area contributed by atoms with Crippen molar-refractivity contribution in [3.8, 4) is 0 Å². The van der Waals surface area contributed by atoms with E-state index >= 15 is 0 Å². The van der Waals surface area contributed by atoms with Crippen LogP contribution in [-0.4, -0.2) is 14.7 Å². The Kier molecular flexibility index (Phi) is 4.94. The first kappa shape index (κ1) is 16.3. The Labute approximate surface area is 134 Å². The van der Waals surface area contributed by atoms with Crippen molar-refractivity contribution in [2.45, 2.75) is 17.4 Å². The van der Waals surface area contributed by atoms with E-state index in [2.05, 4.69) is 0 Å². The van der Waals surface area contributed by atoms with Gasteiger partial charge >= 0.3 is 0 Å². The minimum atomic E-state index is -3.24. The summed E-state index contributed by atoms with van der Waals surface area (Å²) in [7, 11) is -3.24. The first-order valence-corrected chi connectivity index (χ1v) is 8.91. The second-order valence-electron chi connectivity index (χ2n) is 4.90. The lowest BCUT2D eigenvalue weighted by Crippen LogP contribution is -2.14. The second-order valence-corrected chi connectivity index (χ2v) is 7.73. The molecule has 2 aromatic rings. The smallest absolute Gasteiger partial charge is 0.175 e. The average molecular weight is 344 g/mol. The Morgan fingerprint density at radius 2 is 1.81 bits per heavy atom. The van der Waals surface area contributed by atoms with Gasteiger partial charge < -0.3 is 5.73 Å². The van der Waals surface area contributed by atoms with Crippen LogP contribution in [0.1, 0.15) is 17.2 Å². The molecule has 0 saturated carbocycles. The molecule has 0 fully saturated rings. The zero-order chi connectivity index (χ0) is 15.6. The van der Waals surface area contributed by atoms with Gasteiger partial charge in [-0.05, 0) is 41.8 Å². The molecule has 0 bridgehead atoms. The Bertz CT molecular complexity index is 760. The third-order valence-corrected chi connectivity index (χ3v) is 5.00. The van der Waals surface area contributed by atoms with Gasteiger partial charge in [0.1, 0.15) is 0 Å². The van der Waals surface area contributed by atoms with E-state index in [1.165, 1.54) is 6.26 Å². The molecule has 0 radical (unpaired) electrons. The normalized spacial score (nSPS) is 13.1. The molecule has 0 saturated heterocycles. The zero-order valence-electron chi connectivity index (χ0n) is 11.4. The molecule has 0 aliphatic carbocycles. The summed E-state index contributed by atoms with van der Waals surface area (Å²) in [5.41, 5.74) is 7.87.